The van der Waals surface area contributed by atoms with Crippen molar-refractivity contribution in [2.45, 2.75) is 39.0 Å². The maximum Gasteiger partial charge on any atom is 0.293 e. The number of hydrogen-bond acceptors (Lipinski definition) is 4. The third-order valence-electron chi connectivity index (χ3n) is 3.19. The summed E-state index contributed by atoms with van der Waals surface area (Å²) in [5.74, 6) is 0.520. The van der Waals surface area contributed by atoms with Crippen LogP contribution in [0.4, 0.5) is 5.82 Å². The zero-order valence-electron chi connectivity index (χ0n) is 11.6. The maximum absolute atomic E-state index is 12.3. The summed E-state index contributed by atoms with van der Waals surface area (Å²) in [7, 11) is 0. The summed E-state index contributed by atoms with van der Waals surface area (Å²) in [6.07, 6.45) is 3.48. The molecule has 2 rings (SSSR count). The van der Waals surface area contributed by atoms with Crippen LogP contribution in [-0.4, -0.2) is 39.7 Å². The van der Waals surface area contributed by atoms with Gasteiger partial charge in [0.05, 0.1) is 11.7 Å². The molecule has 0 aromatic carbocycles. The molecule has 1 unspecified atom stereocenters. The molecular formula is C13H20BrN3O2. The van der Waals surface area contributed by atoms with Crippen molar-refractivity contribution in [2.75, 3.05) is 23.3 Å². The number of halogens is 1. The van der Waals surface area contributed by atoms with Crippen molar-refractivity contribution in [1.29, 1.82) is 0 Å². The number of anilines is 1. The van der Waals surface area contributed by atoms with Crippen molar-refractivity contribution in [1.82, 2.24) is 9.55 Å². The van der Waals surface area contributed by atoms with Gasteiger partial charge in [-0.15, -0.1) is 0 Å². The van der Waals surface area contributed by atoms with Crippen LogP contribution in [0, 0.1) is 0 Å². The van der Waals surface area contributed by atoms with Crippen LogP contribution in [0.15, 0.2) is 17.2 Å². The Morgan fingerprint density at radius 1 is 1.58 bits per heavy atom. The van der Waals surface area contributed by atoms with Gasteiger partial charge in [-0.25, -0.2) is 4.98 Å². The Morgan fingerprint density at radius 2 is 2.32 bits per heavy atom. The minimum Gasteiger partial charge on any atom is -0.368 e. The number of aryl methyl sites for hydroxylation is 1. The second-order valence-electron chi connectivity index (χ2n) is 5.38. The van der Waals surface area contributed by atoms with Crippen molar-refractivity contribution in [3.8, 4) is 0 Å². The van der Waals surface area contributed by atoms with Gasteiger partial charge in [0.2, 0.25) is 0 Å². The van der Waals surface area contributed by atoms with Gasteiger partial charge in [-0.1, -0.05) is 15.9 Å². The summed E-state index contributed by atoms with van der Waals surface area (Å²) >= 11 is 3.45. The van der Waals surface area contributed by atoms with E-state index >= 15 is 0 Å². The first-order valence-corrected chi connectivity index (χ1v) is 7.63. The van der Waals surface area contributed by atoms with Crippen molar-refractivity contribution < 1.29 is 4.74 Å². The van der Waals surface area contributed by atoms with Gasteiger partial charge in [-0.05, 0) is 20.8 Å². The molecular weight excluding hydrogens is 310 g/mol. The van der Waals surface area contributed by atoms with E-state index in [1.54, 1.807) is 17.0 Å². The molecule has 0 N–H and O–H groups in total. The second-order valence-corrected chi connectivity index (χ2v) is 6.02. The smallest absolute Gasteiger partial charge is 0.293 e. The van der Waals surface area contributed by atoms with Crippen molar-refractivity contribution >= 4 is 21.7 Å². The molecule has 1 atom stereocenters. The summed E-state index contributed by atoms with van der Waals surface area (Å²) in [6, 6.07) is 0. The molecule has 0 amide bonds. The fourth-order valence-corrected chi connectivity index (χ4v) is 2.78. The van der Waals surface area contributed by atoms with E-state index in [1.165, 1.54) is 0 Å². The van der Waals surface area contributed by atoms with E-state index in [2.05, 4.69) is 20.9 Å². The molecule has 0 aliphatic carbocycles. The lowest BCUT2D eigenvalue weighted by atomic mass is 10.1. The van der Waals surface area contributed by atoms with Crippen molar-refractivity contribution in [2.24, 2.45) is 0 Å². The van der Waals surface area contributed by atoms with Gasteiger partial charge in [-0.3, -0.25) is 4.79 Å². The predicted octanol–water partition coefficient (Wildman–Crippen LogP) is 1.64. The summed E-state index contributed by atoms with van der Waals surface area (Å²) in [4.78, 5) is 18.6. The van der Waals surface area contributed by atoms with Crippen LogP contribution in [0.25, 0.3) is 0 Å². The average molecular weight is 330 g/mol. The van der Waals surface area contributed by atoms with Crippen LogP contribution >= 0.6 is 15.9 Å². The number of rotatable bonds is 3. The first-order valence-electron chi connectivity index (χ1n) is 6.51. The monoisotopic (exact) mass is 329 g/mol. The zero-order valence-corrected chi connectivity index (χ0v) is 13.2. The molecule has 1 aliphatic heterocycles. The minimum absolute atomic E-state index is 0.0315. The van der Waals surface area contributed by atoms with E-state index in [0.717, 1.165) is 5.33 Å². The highest BCUT2D eigenvalue weighted by molar-refractivity contribution is 9.09. The maximum atomic E-state index is 12.3. The van der Waals surface area contributed by atoms with Crippen LogP contribution in [0.5, 0.6) is 0 Å². The molecule has 106 valence electrons. The molecule has 19 heavy (non-hydrogen) atoms. The highest BCUT2D eigenvalue weighted by atomic mass is 79.9. The second kappa shape index (κ2) is 5.63. The van der Waals surface area contributed by atoms with E-state index in [1.807, 2.05) is 25.7 Å². The molecule has 2 heterocycles. The molecule has 0 spiro atoms. The van der Waals surface area contributed by atoms with Gasteiger partial charge in [0, 0.05) is 37.4 Å². The topological polar surface area (TPSA) is 47.4 Å². The van der Waals surface area contributed by atoms with Crippen LogP contribution in [0.3, 0.4) is 0 Å². The van der Waals surface area contributed by atoms with Crippen molar-refractivity contribution in [3.05, 3.63) is 22.7 Å². The van der Waals surface area contributed by atoms with E-state index in [0.29, 0.717) is 25.5 Å². The van der Waals surface area contributed by atoms with E-state index < -0.39 is 0 Å². The zero-order chi connectivity index (χ0) is 14.0. The first-order chi connectivity index (χ1) is 8.96. The molecule has 0 bridgehead atoms. The predicted molar refractivity (Wildman–Crippen MR) is 79.1 cm³/mol. The molecule has 1 aromatic heterocycles. The van der Waals surface area contributed by atoms with Crippen molar-refractivity contribution in [3.63, 3.8) is 0 Å². The number of hydrogen-bond donors (Lipinski definition) is 0. The van der Waals surface area contributed by atoms with E-state index in [9.17, 15) is 4.79 Å². The highest BCUT2D eigenvalue weighted by Crippen LogP contribution is 2.24. The van der Waals surface area contributed by atoms with Crippen LogP contribution in [0.1, 0.15) is 20.8 Å². The lowest BCUT2D eigenvalue weighted by molar-refractivity contribution is -0.0726. The summed E-state index contributed by atoms with van der Waals surface area (Å²) in [5, 5.41) is 0.752. The van der Waals surface area contributed by atoms with Gasteiger partial charge >= 0.3 is 0 Å². The third kappa shape index (κ3) is 3.17. The Kier molecular flexibility index (Phi) is 4.30. The number of morpholine rings is 1. The van der Waals surface area contributed by atoms with Gasteiger partial charge < -0.3 is 14.2 Å². The van der Waals surface area contributed by atoms with Gasteiger partial charge in [0.25, 0.3) is 5.56 Å². The Bertz CT molecular complexity index is 501. The van der Waals surface area contributed by atoms with Gasteiger partial charge in [-0.2, -0.15) is 0 Å². The Labute approximate surface area is 121 Å². The Hall–Kier alpha value is -0.880. The van der Waals surface area contributed by atoms with E-state index in [4.69, 9.17) is 4.74 Å². The number of ether oxygens (including phenoxy) is 1. The molecule has 1 fully saturated rings. The lowest BCUT2D eigenvalue weighted by Gasteiger charge is -2.42. The number of aromatic nitrogens is 2. The van der Waals surface area contributed by atoms with Crippen LogP contribution in [0.2, 0.25) is 0 Å². The first kappa shape index (κ1) is 14.5. The normalized spacial score (nSPS) is 22.5. The quantitative estimate of drug-likeness (QED) is 0.791. The highest BCUT2D eigenvalue weighted by Gasteiger charge is 2.34. The molecule has 0 saturated carbocycles. The summed E-state index contributed by atoms with van der Waals surface area (Å²) < 4.78 is 7.62. The average Bonchev–Trinajstić information content (AvgIpc) is 2.37. The van der Waals surface area contributed by atoms with Gasteiger partial charge in [0.15, 0.2) is 5.82 Å². The molecule has 1 aliphatic rings. The Morgan fingerprint density at radius 3 is 2.95 bits per heavy atom. The molecule has 6 heteroatoms. The fourth-order valence-electron chi connectivity index (χ4n) is 2.44. The standard InChI is InChI=1S/C13H20BrN3O2/c1-4-16-6-5-15-11(12(16)18)17-8-10(7-14)19-13(2,3)9-17/h5-6,10H,4,7-9H2,1-3H3. The van der Waals surface area contributed by atoms with Crippen LogP contribution < -0.4 is 10.5 Å². The fraction of sp³-hybridized carbons (Fsp3) is 0.692. The summed E-state index contributed by atoms with van der Waals surface area (Å²) in [6.45, 7) is 8.04. The third-order valence-corrected chi connectivity index (χ3v) is 3.91. The largest absolute Gasteiger partial charge is 0.368 e. The van der Waals surface area contributed by atoms with E-state index in [-0.39, 0.29) is 17.3 Å². The summed E-state index contributed by atoms with van der Waals surface area (Å²) in [5.41, 5.74) is -0.312. The number of alkyl halides is 1. The molecule has 1 saturated heterocycles. The van der Waals surface area contributed by atoms with Gasteiger partial charge in [0.1, 0.15) is 0 Å². The lowest BCUT2D eigenvalue weighted by Crippen LogP contribution is -2.55. The Balaban J connectivity index is 2.33. The van der Waals surface area contributed by atoms with Crippen LogP contribution in [-0.2, 0) is 11.3 Å². The molecule has 0 radical (unpaired) electrons. The SMILES string of the molecule is CCn1ccnc(N2CC(CBr)OC(C)(C)C2)c1=O. The molecule has 1 aromatic rings. The minimum atomic E-state index is -0.280. The molecule has 5 nitrogen and oxygen atoms in total. The number of nitrogens with zero attached hydrogens (tertiary/aromatic N) is 3.